The van der Waals surface area contributed by atoms with Crippen LogP contribution in [0.5, 0.6) is 0 Å². The van der Waals surface area contributed by atoms with Gasteiger partial charge in [-0.2, -0.15) is 0 Å². The van der Waals surface area contributed by atoms with Crippen molar-refractivity contribution in [2.45, 2.75) is 31.7 Å². The number of urea groups is 1. The molecule has 8 nitrogen and oxygen atoms in total. The van der Waals surface area contributed by atoms with E-state index in [9.17, 15) is 19.2 Å². The zero-order valence-electron chi connectivity index (χ0n) is 15.5. The summed E-state index contributed by atoms with van der Waals surface area (Å²) < 4.78 is 4.88. The lowest BCUT2D eigenvalue weighted by molar-refractivity contribution is -0.151. The van der Waals surface area contributed by atoms with E-state index < -0.39 is 42.5 Å². The van der Waals surface area contributed by atoms with Crippen molar-refractivity contribution in [1.29, 1.82) is 0 Å². The summed E-state index contributed by atoms with van der Waals surface area (Å²) in [6, 6.07) is 6.66. The molecule has 0 radical (unpaired) electrons. The minimum atomic E-state index is -0.948. The molecule has 1 aliphatic heterocycles. The summed E-state index contributed by atoms with van der Waals surface area (Å²) >= 11 is 5.81. The van der Waals surface area contributed by atoms with Crippen LogP contribution in [0.15, 0.2) is 24.3 Å². The third-order valence-electron chi connectivity index (χ3n) is 5.00. The minimum Gasteiger partial charge on any atom is -0.454 e. The van der Waals surface area contributed by atoms with Crippen molar-refractivity contribution in [3.63, 3.8) is 0 Å². The number of carbonyl (C=O) groups is 4. The molecule has 1 aliphatic carbocycles. The summed E-state index contributed by atoms with van der Waals surface area (Å²) in [5, 5.41) is 5.93. The van der Waals surface area contributed by atoms with Crippen LogP contribution in [0.4, 0.5) is 4.79 Å². The average molecular weight is 408 g/mol. The number of carbonyl (C=O) groups excluding carboxylic acids is 4. The Labute approximate surface area is 167 Å². The highest BCUT2D eigenvalue weighted by Gasteiger charge is 2.56. The number of ether oxygens (including phenoxy) is 1. The maximum Gasteiger partial charge on any atom is 0.326 e. The van der Waals surface area contributed by atoms with Crippen LogP contribution in [-0.2, 0) is 25.5 Å². The maximum atomic E-state index is 12.4. The molecular formula is C19H22ClN3O5. The second-order valence-corrected chi connectivity index (χ2v) is 7.62. The third kappa shape index (κ3) is 4.62. The van der Waals surface area contributed by atoms with Crippen LogP contribution in [0, 0.1) is 5.92 Å². The predicted octanol–water partition coefficient (Wildman–Crippen LogP) is 1.26. The number of esters is 1. The van der Waals surface area contributed by atoms with Crippen LogP contribution < -0.4 is 10.6 Å². The van der Waals surface area contributed by atoms with Gasteiger partial charge in [-0.1, -0.05) is 23.7 Å². The molecule has 2 aliphatic rings. The zero-order valence-corrected chi connectivity index (χ0v) is 16.3. The first-order valence-electron chi connectivity index (χ1n) is 9.10. The lowest BCUT2D eigenvalue weighted by Crippen LogP contribution is -2.46. The Hall–Kier alpha value is -2.61. The van der Waals surface area contributed by atoms with E-state index in [2.05, 4.69) is 10.6 Å². The Morgan fingerprint density at radius 2 is 1.96 bits per heavy atom. The third-order valence-corrected chi connectivity index (χ3v) is 5.25. The largest absolute Gasteiger partial charge is 0.454 e. The van der Waals surface area contributed by atoms with Gasteiger partial charge in [-0.25, -0.2) is 4.79 Å². The van der Waals surface area contributed by atoms with Crippen LogP contribution in [-0.4, -0.2) is 54.0 Å². The monoisotopic (exact) mass is 407 g/mol. The molecule has 0 spiro atoms. The van der Waals surface area contributed by atoms with Gasteiger partial charge in [0.2, 0.25) is 0 Å². The SMILES string of the molecule is C[C@]1(C2CC2)NC(=O)N(CC(=O)OCC(=O)NCCc2ccc(Cl)cc2)C1=O. The molecule has 1 saturated carbocycles. The first-order chi connectivity index (χ1) is 13.3. The molecular weight excluding hydrogens is 386 g/mol. The first kappa shape index (κ1) is 20.1. The molecule has 4 amide bonds. The van der Waals surface area contributed by atoms with Gasteiger partial charge in [-0.3, -0.25) is 19.3 Å². The lowest BCUT2D eigenvalue weighted by Gasteiger charge is -2.20. The number of hydrogen-bond acceptors (Lipinski definition) is 5. The molecule has 9 heteroatoms. The molecule has 1 atom stereocenters. The van der Waals surface area contributed by atoms with Crippen molar-refractivity contribution < 1.29 is 23.9 Å². The highest BCUT2D eigenvalue weighted by atomic mass is 35.5. The van der Waals surface area contributed by atoms with Gasteiger partial charge >= 0.3 is 12.0 Å². The molecule has 0 bridgehead atoms. The molecule has 28 heavy (non-hydrogen) atoms. The topological polar surface area (TPSA) is 105 Å². The number of nitrogens with one attached hydrogen (secondary N) is 2. The van der Waals surface area contributed by atoms with Gasteiger partial charge in [0.15, 0.2) is 6.61 Å². The molecule has 1 heterocycles. The summed E-state index contributed by atoms with van der Waals surface area (Å²) in [6.07, 6.45) is 2.35. The predicted molar refractivity (Wildman–Crippen MR) is 100 cm³/mol. The van der Waals surface area contributed by atoms with Crippen LogP contribution in [0.1, 0.15) is 25.3 Å². The van der Waals surface area contributed by atoms with E-state index in [0.29, 0.717) is 18.0 Å². The molecule has 1 saturated heterocycles. The van der Waals surface area contributed by atoms with E-state index >= 15 is 0 Å². The fourth-order valence-electron chi connectivity index (χ4n) is 3.17. The maximum absolute atomic E-state index is 12.4. The van der Waals surface area contributed by atoms with Gasteiger partial charge in [0.25, 0.3) is 11.8 Å². The van der Waals surface area contributed by atoms with E-state index in [1.807, 2.05) is 12.1 Å². The molecule has 1 aromatic carbocycles. The van der Waals surface area contributed by atoms with Gasteiger partial charge in [-0.05, 0) is 49.8 Å². The second kappa shape index (κ2) is 8.18. The van der Waals surface area contributed by atoms with Crippen LogP contribution >= 0.6 is 11.6 Å². The average Bonchev–Trinajstić information content (AvgIpc) is 3.48. The highest BCUT2D eigenvalue weighted by Crippen LogP contribution is 2.42. The number of nitrogens with zero attached hydrogens (tertiary/aromatic N) is 1. The molecule has 1 aromatic rings. The number of imide groups is 1. The Morgan fingerprint density at radius 3 is 2.61 bits per heavy atom. The normalized spacial score (nSPS) is 21.4. The summed E-state index contributed by atoms with van der Waals surface area (Å²) in [5.41, 5.74) is 0.0649. The molecule has 3 rings (SSSR count). The Kier molecular flexibility index (Phi) is 5.88. The van der Waals surface area contributed by atoms with Crippen LogP contribution in [0.3, 0.4) is 0 Å². The van der Waals surface area contributed by atoms with Crippen molar-refractivity contribution in [2.75, 3.05) is 19.7 Å². The number of rotatable bonds is 8. The number of amides is 4. The van der Waals surface area contributed by atoms with Gasteiger partial charge in [0, 0.05) is 11.6 Å². The van der Waals surface area contributed by atoms with Crippen LogP contribution in [0.25, 0.3) is 0 Å². The summed E-state index contributed by atoms with van der Waals surface area (Å²) in [5.74, 6) is -1.58. The molecule has 2 fully saturated rings. The Morgan fingerprint density at radius 1 is 1.29 bits per heavy atom. The van der Waals surface area contributed by atoms with Crippen molar-refractivity contribution in [3.05, 3.63) is 34.9 Å². The van der Waals surface area contributed by atoms with E-state index in [1.165, 1.54) is 0 Å². The van der Waals surface area contributed by atoms with Gasteiger partial charge < -0.3 is 15.4 Å². The Bertz CT molecular complexity index is 793. The summed E-state index contributed by atoms with van der Waals surface area (Å²) in [6.45, 7) is 1.07. The standard InChI is InChI=1S/C19H22ClN3O5/c1-19(13-4-5-13)17(26)23(18(27)22-19)10-16(25)28-11-15(24)21-9-8-12-2-6-14(20)7-3-12/h2-3,6-7,13H,4-5,8-11H2,1H3,(H,21,24)(H,22,27)/t19-/m1/s1. The zero-order chi connectivity index (χ0) is 20.3. The first-order valence-corrected chi connectivity index (χ1v) is 9.48. The number of halogens is 1. The van der Waals surface area contributed by atoms with E-state index in [1.54, 1.807) is 19.1 Å². The number of hydrogen-bond donors (Lipinski definition) is 2. The minimum absolute atomic E-state index is 0.108. The summed E-state index contributed by atoms with van der Waals surface area (Å²) in [7, 11) is 0. The van der Waals surface area contributed by atoms with E-state index in [0.717, 1.165) is 23.3 Å². The lowest BCUT2D eigenvalue weighted by atomic mass is 9.96. The van der Waals surface area contributed by atoms with Gasteiger partial charge in [-0.15, -0.1) is 0 Å². The summed E-state index contributed by atoms with van der Waals surface area (Å²) in [4.78, 5) is 49.0. The van der Waals surface area contributed by atoms with Crippen molar-refractivity contribution in [2.24, 2.45) is 5.92 Å². The Balaban J connectivity index is 1.38. The molecule has 2 N–H and O–H groups in total. The molecule has 0 unspecified atom stereocenters. The highest BCUT2D eigenvalue weighted by molar-refractivity contribution is 6.30. The molecule has 150 valence electrons. The smallest absolute Gasteiger partial charge is 0.326 e. The van der Waals surface area contributed by atoms with E-state index in [4.69, 9.17) is 16.3 Å². The number of benzene rings is 1. The quantitative estimate of drug-likeness (QED) is 0.498. The van der Waals surface area contributed by atoms with Crippen molar-refractivity contribution in [1.82, 2.24) is 15.5 Å². The fourth-order valence-corrected chi connectivity index (χ4v) is 3.29. The van der Waals surface area contributed by atoms with Gasteiger partial charge in [0.1, 0.15) is 12.1 Å². The molecule has 0 aromatic heterocycles. The van der Waals surface area contributed by atoms with Crippen molar-refractivity contribution >= 4 is 35.4 Å². The fraction of sp³-hybridized carbons (Fsp3) is 0.474. The van der Waals surface area contributed by atoms with Crippen molar-refractivity contribution in [3.8, 4) is 0 Å². The van der Waals surface area contributed by atoms with Gasteiger partial charge in [0.05, 0.1) is 0 Å². The van der Waals surface area contributed by atoms with E-state index in [-0.39, 0.29) is 5.92 Å². The second-order valence-electron chi connectivity index (χ2n) is 7.19. The van der Waals surface area contributed by atoms with Crippen LogP contribution in [0.2, 0.25) is 5.02 Å².